The molecule has 1 heterocycles. The average molecular weight is 327 g/mol. The highest BCUT2D eigenvalue weighted by molar-refractivity contribution is 7.89. The molecule has 0 atom stereocenters. The standard InChI is InChI=1S/C12H13N3O4S2/c1-19-12(16)10-4-8(13)2-3-11(10)21(17,18)15-5-9-6-20-7-14-9/h2-4,6-7,15H,5,13H2,1H3. The van der Waals surface area contributed by atoms with Gasteiger partial charge >= 0.3 is 5.97 Å². The third-order valence-electron chi connectivity index (χ3n) is 2.63. The van der Waals surface area contributed by atoms with Gasteiger partial charge in [-0.05, 0) is 18.2 Å². The van der Waals surface area contributed by atoms with Crippen LogP contribution in [0.15, 0.2) is 34.0 Å². The number of hydrogen-bond donors (Lipinski definition) is 2. The number of hydrogen-bond acceptors (Lipinski definition) is 7. The molecule has 1 aromatic heterocycles. The number of nitrogens with one attached hydrogen (secondary N) is 1. The molecule has 0 radical (unpaired) electrons. The summed E-state index contributed by atoms with van der Waals surface area (Å²) >= 11 is 1.36. The molecule has 3 N–H and O–H groups in total. The van der Waals surface area contributed by atoms with Crippen LogP contribution in [-0.4, -0.2) is 26.5 Å². The summed E-state index contributed by atoms with van der Waals surface area (Å²) in [5, 5.41) is 1.73. The fourth-order valence-corrected chi connectivity index (χ4v) is 3.35. The Morgan fingerprint density at radius 1 is 1.48 bits per heavy atom. The lowest BCUT2D eigenvalue weighted by Crippen LogP contribution is -2.25. The SMILES string of the molecule is COC(=O)c1cc(N)ccc1S(=O)(=O)NCc1cscn1. The molecule has 0 amide bonds. The predicted octanol–water partition coefficient (Wildman–Crippen LogP) is 0.990. The Kier molecular flexibility index (Phi) is 4.56. The van der Waals surface area contributed by atoms with Crippen molar-refractivity contribution in [3.8, 4) is 0 Å². The summed E-state index contributed by atoms with van der Waals surface area (Å²) in [5.41, 5.74) is 7.95. The Labute approximate surface area is 125 Å². The quantitative estimate of drug-likeness (QED) is 0.626. The zero-order valence-electron chi connectivity index (χ0n) is 11.1. The number of nitrogens with zero attached hydrogens (tertiary/aromatic N) is 1. The van der Waals surface area contributed by atoms with E-state index < -0.39 is 16.0 Å². The van der Waals surface area contributed by atoms with Crippen molar-refractivity contribution in [3.05, 3.63) is 40.3 Å². The average Bonchev–Trinajstić information content (AvgIpc) is 2.97. The lowest BCUT2D eigenvalue weighted by molar-refractivity contribution is 0.0596. The summed E-state index contributed by atoms with van der Waals surface area (Å²) in [7, 11) is -2.71. The van der Waals surface area contributed by atoms with Crippen molar-refractivity contribution in [1.29, 1.82) is 0 Å². The first-order chi connectivity index (χ1) is 9.94. The van der Waals surface area contributed by atoms with E-state index in [2.05, 4.69) is 14.4 Å². The van der Waals surface area contributed by atoms with Gasteiger partial charge < -0.3 is 10.5 Å². The highest BCUT2D eigenvalue weighted by atomic mass is 32.2. The molecule has 0 fully saturated rings. The van der Waals surface area contributed by atoms with E-state index in [1.54, 1.807) is 10.9 Å². The number of nitrogen functional groups attached to an aromatic ring is 1. The van der Waals surface area contributed by atoms with E-state index in [1.165, 1.54) is 36.6 Å². The van der Waals surface area contributed by atoms with E-state index in [1.807, 2.05) is 0 Å². The Hall–Kier alpha value is -1.97. The summed E-state index contributed by atoms with van der Waals surface area (Å²) in [6.45, 7) is 0.0385. The molecule has 0 aliphatic rings. The maximum Gasteiger partial charge on any atom is 0.339 e. The molecule has 0 unspecified atom stereocenters. The van der Waals surface area contributed by atoms with E-state index in [9.17, 15) is 13.2 Å². The number of esters is 1. The summed E-state index contributed by atoms with van der Waals surface area (Å²) < 4.78 is 31.6. The van der Waals surface area contributed by atoms with Crippen LogP contribution in [0.25, 0.3) is 0 Å². The Morgan fingerprint density at radius 2 is 2.24 bits per heavy atom. The minimum atomic E-state index is -3.88. The minimum absolute atomic E-state index is 0.0385. The number of benzene rings is 1. The van der Waals surface area contributed by atoms with Gasteiger partial charge in [-0.3, -0.25) is 0 Å². The van der Waals surface area contributed by atoms with Crippen LogP contribution < -0.4 is 10.5 Å². The van der Waals surface area contributed by atoms with Gasteiger partial charge in [-0.15, -0.1) is 11.3 Å². The number of thiazole rings is 1. The zero-order chi connectivity index (χ0) is 15.5. The molecule has 2 aromatic rings. The molecule has 0 spiro atoms. The van der Waals surface area contributed by atoms with Crippen molar-refractivity contribution in [1.82, 2.24) is 9.71 Å². The molecule has 0 bridgehead atoms. The maximum atomic E-state index is 12.3. The van der Waals surface area contributed by atoms with Crippen molar-refractivity contribution in [2.24, 2.45) is 0 Å². The first-order valence-electron chi connectivity index (χ1n) is 5.78. The van der Waals surface area contributed by atoms with E-state index in [-0.39, 0.29) is 22.7 Å². The second kappa shape index (κ2) is 6.20. The summed E-state index contributed by atoms with van der Waals surface area (Å²) in [6.07, 6.45) is 0. The molecule has 0 saturated carbocycles. The molecule has 1 aromatic carbocycles. The Bertz CT molecular complexity index is 742. The molecule has 112 valence electrons. The lowest BCUT2D eigenvalue weighted by atomic mass is 10.2. The van der Waals surface area contributed by atoms with Crippen molar-refractivity contribution in [3.63, 3.8) is 0 Å². The van der Waals surface area contributed by atoms with Gasteiger partial charge in [-0.25, -0.2) is 22.9 Å². The summed E-state index contributed by atoms with van der Waals surface area (Å²) in [6, 6.07) is 3.94. The van der Waals surface area contributed by atoms with Gasteiger partial charge in [-0.1, -0.05) is 0 Å². The molecule has 9 heteroatoms. The van der Waals surface area contributed by atoms with Crippen LogP contribution in [0.5, 0.6) is 0 Å². The number of rotatable bonds is 5. The van der Waals surface area contributed by atoms with Crippen molar-refractivity contribution in [2.75, 3.05) is 12.8 Å². The highest BCUT2D eigenvalue weighted by Gasteiger charge is 2.23. The highest BCUT2D eigenvalue weighted by Crippen LogP contribution is 2.20. The summed E-state index contributed by atoms with van der Waals surface area (Å²) in [4.78, 5) is 15.5. The zero-order valence-corrected chi connectivity index (χ0v) is 12.7. The van der Waals surface area contributed by atoms with Gasteiger partial charge in [0.15, 0.2) is 0 Å². The maximum absolute atomic E-state index is 12.3. The second-order valence-corrected chi connectivity index (χ2v) is 6.51. The monoisotopic (exact) mass is 327 g/mol. The molecule has 7 nitrogen and oxygen atoms in total. The van der Waals surface area contributed by atoms with Gasteiger partial charge in [0.1, 0.15) is 0 Å². The number of nitrogens with two attached hydrogens (primary N) is 1. The topological polar surface area (TPSA) is 111 Å². The van der Waals surface area contributed by atoms with Gasteiger partial charge in [0, 0.05) is 11.1 Å². The first kappa shape index (κ1) is 15.4. The first-order valence-corrected chi connectivity index (χ1v) is 8.21. The largest absolute Gasteiger partial charge is 0.465 e. The molecule has 2 rings (SSSR count). The molecule has 21 heavy (non-hydrogen) atoms. The third kappa shape index (κ3) is 3.57. The number of aromatic nitrogens is 1. The van der Waals surface area contributed by atoms with Gasteiger partial charge in [-0.2, -0.15) is 0 Å². The molecular weight excluding hydrogens is 314 g/mol. The van der Waals surface area contributed by atoms with Crippen LogP contribution in [-0.2, 0) is 21.3 Å². The van der Waals surface area contributed by atoms with Gasteiger partial charge in [0.05, 0.1) is 35.3 Å². The van der Waals surface area contributed by atoms with Crippen LogP contribution in [0.3, 0.4) is 0 Å². The van der Waals surface area contributed by atoms with E-state index in [4.69, 9.17) is 5.73 Å². The number of sulfonamides is 1. The van der Waals surface area contributed by atoms with E-state index >= 15 is 0 Å². The number of anilines is 1. The molecular formula is C12H13N3O4S2. The third-order valence-corrected chi connectivity index (χ3v) is 4.72. The predicted molar refractivity (Wildman–Crippen MR) is 78.3 cm³/mol. The van der Waals surface area contributed by atoms with Crippen molar-refractivity contribution in [2.45, 2.75) is 11.4 Å². The number of ether oxygens (including phenoxy) is 1. The fraction of sp³-hybridized carbons (Fsp3) is 0.167. The molecule has 0 aliphatic heterocycles. The van der Waals surface area contributed by atoms with Crippen LogP contribution in [0.1, 0.15) is 16.1 Å². The number of carbonyl (C=O) groups is 1. The summed E-state index contributed by atoms with van der Waals surface area (Å²) in [5.74, 6) is -0.767. The Morgan fingerprint density at radius 3 is 2.86 bits per heavy atom. The molecule has 0 saturated heterocycles. The number of methoxy groups -OCH3 is 1. The Balaban J connectivity index is 2.33. The van der Waals surface area contributed by atoms with Gasteiger partial charge in [0.2, 0.25) is 10.0 Å². The van der Waals surface area contributed by atoms with E-state index in [0.29, 0.717) is 5.69 Å². The van der Waals surface area contributed by atoms with Crippen molar-refractivity contribution >= 4 is 33.0 Å². The van der Waals surface area contributed by atoms with Crippen LogP contribution in [0, 0.1) is 0 Å². The molecule has 0 aliphatic carbocycles. The number of carbonyl (C=O) groups excluding carboxylic acids is 1. The smallest absolute Gasteiger partial charge is 0.339 e. The van der Waals surface area contributed by atoms with Crippen molar-refractivity contribution < 1.29 is 17.9 Å². The fourth-order valence-electron chi connectivity index (χ4n) is 1.62. The minimum Gasteiger partial charge on any atom is -0.465 e. The second-order valence-electron chi connectivity index (χ2n) is 4.05. The van der Waals surface area contributed by atoms with Crippen LogP contribution >= 0.6 is 11.3 Å². The normalized spacial score (nSPS) is 11.3. The lowest BCUT2D eigenvalue weighted by Gasteiger charge is -2.10. The van der Waals surface area contributed by atoms with Crippen LogP contribution in [0.4, 0.5) is 5.69 Å². The van der Waals surface area contributed by atoms with E-state index in [0.717, 1.165) is 0 Å². The van der Waals surface area contributed by atoms with Gasteiger partial charge in [0.25, 0.3) is 0 Å². The van der Waals surface area contributed by atoms with Crippen LogP contribution in [0.2, 0.25) is 0 Å².